The normalized spacial score (nSPS) is 22.2. The van der Waals surface area contributed by atoms with Crippen LogP contribution in [0.25, 0.3) is 0 Å². The Labute approximate surface area is 118 Å². The van der Waals surface area contributed by atoms with Crippen LogP contribution in [0, 0.1) is 0 Å². The second-order valence-corrected chi connectivity index (χ2v) is 6.21. The first-order valence-electron chi connectivity index (χ1n) is 7.39. The van der Waals surface area contributed by atoms with Crippen molar-refractivity contribution in [2.75, 3.05) is 6.54 Å². The molecule has 4 nitrogen and oxygen atoms in total. The fourth-order valence-corrected chi connectivity index (χ4v) is 3.22. The van der Waals surface area contributed by atoms with E-state index in [9.17, 15) is 0 Å². The highest BCUT2D eigenvalue weighted by Gasteiger charge is 2.50. The molecule has 0 bridgehead atoms. The summed E-state index contributed by atoms with van der Waals surface area (Å²) < 4.78 is 5.55. The van der Waals surface area contributed by atoms with Gasteiger partial charge in [-0.15, -0.1) is 0 Å². The van der Waals surface area contributed by atoms with Crippen LogP contribution in [-0.2, 0) is 10.8 Å². The van der Waals surface area contributed by atoms with Gasteiger partial charge in [-0.3, -0.25) is 0 Å². The predicted molar refractivity (Wildman–Crippen MR) is 75.3 cm³/mol. The number of benzene rings is 1. The lowest BCUT2D eigenvalue weighted by Gasteiger charge is -2.39. The molecule has 0 aliphatic heterocycles. The first kappa shape index (κ1) is 12.1. The third-order valence-electron chi connectivity index (χ3n) is 5.09. The monoisotopic (exact) mass is 269 g/mol. The van der Waals surface area contributed by atoms with E-state index in [-0.39, 0.29) is 10.8 Å². The van der Waals surface area contributed by atoms with Gasteiger partial charge >= 0.3 is 0 Å². The molecule has 2 N–H and O–H groups in total. The van der Waals surface area contributed by atoms with Crippen LogP contribution in [0.15, 0.2) is 34.9 Å². The van der Waals surface area contributed by atoms with E-state index >= 15 is 0 Å². The largest absolute Gasteiger partial charge is 0.339 e. The Balaban J connectivity index is 1.73. The molecule has 0 atom stereocenters. The van der Waals surface area contributed by atoms with Crippen molar-refractivity contribution in [3.8, 4) is 0 Å². The van der Waals surface area contributed by atoms with Gasteiger partial charge in [0, 0.05) is 6.54 Å². The summed E-state index contributed by atoms with van der Waals surface area (Å²) in [7, 11) is 0. The zero-order valence-corrected chi connectivity index (χ0v) is 11.5. The molecule has 2 fully saturated rings. The van der Waals surface area contributed by atoms with E-state index in [0.29, 0.717) is 6.54 Å². The molecule has 0 amide bonds. The van der Waals surface area contributed by atoms with Crippen molar-refractivity contribution in [1.82, 2.24) is 10.1 Å². The van der Waals surface area contributed by atoms with Crippen molar-refractivity contribution >= 4 is 0 Å². The van der Waals surface area contributed by atoms with Crippen LogP contribution in [0.4, 0.5) is 0 Å². The molecular formula is C16H19N3O. The van der Waals surface area contributed by atoms with Crippen molar-refractivity contribution in [2.45, 2.75) is 42.9 Å². The molecule has 4 heteroatoms. The number of nitrogens with zero attached hydrogens (tertiary/aromatic N) is 2. The van der Waals surface area contributed by atoms with Gasteiger partial charge in [-0.25, -0.2) is 0 Å². The number of rotatable bonds is 4. The molecule has 0 unspecified atom stereocenters. The van der Waals surface area contributed by atoms with Gasteiger partial charge in [0.25, 0.3) is 0 Å². The smallest absolute Gasteiger partial charge is 0.234 e. The lowest BCUT2D eigenvalue weighted by Crippen LogP contribution is -2.36. The Kier molecular flexibility index (Phi) is 2.51. The van der Waals surface area contributed by atoms with Crippen LogP contribution in [0.5, 0.6) is 0 Å². The molecule has 1 aromatic heterocycles. The standard InChI is InChI=1S/C16H19N3O/c17-11-15(9-10-15)14-18-13(19-20-14)16(7-4-8-16)12-5-2-1-3-6-12/h1-3,5-6H,4,7-11,17H2. The Bertz CT molecular complexity index is 612. The Morgan fingerprint density at radius 2 is 1.85 bits per heavy atom. The third-order valence-corrected chi connectivity index (χ3v) is 5.09. The van der Waals surface area contributed by atoms with Gasteiger partial charge in [-0.1, -0.05) is 41.9 Å². The van der Waals surface area contributed by atoms with Gasteiger partial charge in [0.2, 0.25) is 5.89 Å². The maximum Gasteiger partial charge on any atom is 0.234 e. The van der Waals surface area contributed by atoms with E-state index in [1.54, 1.807) is 0 Å². The first-order valence-corrected chi connectivity index (χ1v) is 7.39. The van der Waals surface area contributed by atoms with Crippen molar-refractivity contribution in [1.29, 1.82) is 0 Å². The van der Waals surface area contributed by atoms with Gasteiger partial charge in [-0.05, 0) is 31.2 Å². The second-order valence-electron chi connectivity index (χ2n) is 6.21. The summed E-state index contributed by atoms with van der Waals surface area (Å²) >= 11 is 0. The summed E-state index contributed by atoms with van der Waals surface area (Å²) in [6.07, 6.45) is 5.57. The van der Waals surface area contributed by atoms with Gasteiger partial charge in [0.05, 0.1) is 10.8 Å². The van der Waals surface area contributed by atoms with Crippen LogP contribution in [0.2, 0.25) is 0 Å². The van der Waals surface area contributed by atoms with Crippen molar-refractivity contribution in [3.05, 3.63) is 47.6 Å². The van der Waals surface area contributed by atoms with Gasteiger partial charge in [0.15, 0.2) is 5.82 Å². The average molecular weight is 269 g/mol. The highest BCUT2D eigenvalue weighted by Crippen LogP contribution is 2.50. The summed E-state index contributed by atoms with van der Waals surface area (Å²) in [5.74, 6) is 1.60. The molecule has 104 valence electrons. The molecule has 1 aromatic carbocycles. The van der Waals surface area contributed by atoms with Crippen LogP contribution in [-0.4, -0.2) is 16.7 Å². The molecular weight excluding hydrogens is 250 g/mol. The Morgan fingerprint density at radius 3 is 2.40 bits per heavy atom. The maximum absolute atomic E-state index is 5.85. The van der Waals surface area contributed by atoms with Crippen LogP contribution < -0.4 is 5.73 Å². The van der Waals surface area contributed by atoms with Crippen molar-refractivity contribution in [3.63, 3.8) is 0 Å². The lowest BCUT2D eigenvalue weighted by atomic mass is 9.64. The Hall–Kier alpha value is -1.68. The SMILES string of the molecule is NCC1(c2nc(C3(c4ccccc4)CCC3)no2)CC1. The van der Waals surface area contributed by atoms with Crippen LogP contribution in [0.3, 0.4) is 0 Å². The van der Waals surface area contributed by atoms with Crippen molar-refractivity contribution in [2.24, 2.45) is 5.73 Å². The summed E-state index contributed by atoms with van der Waals surface area (Å²) in [5.41, 5.74) is 7.10. The fourth-order valence-electron chi connectivity index (χ4n) is 3.22. The molecule has 0 saturated heterocycles. The van der Waals surface area contributed by atoms with E-state index in [2.05, 4.69) is 29.4 Å². The van der Waals surface area contributed by atoms with Gasteiger partial charge in [0.1, 0.15) is 0 Å². The quantitative estimate of drug-likeness (QED) is 0.926. The minimum Gasteiger partial charge on any atom is -0.339 e. The summed E-state index contributed by atoms with van der Waals surface area (Å²) in [6.45, 7) is 0.604. The van der Waals surface area contributed by atoms with E-state index in [1.807, 2.05) is 6.07 Å². The van der Waals surface area contributed by atoms with E-state index in [4.69, 9.17) is 15.2 Å². The number of hydrogen-bond donors (Lipinski definition) is 1. The maximum atomic E-state index is 5.85. The lowest BCUT2D eigenvalue weighted by molar-refractivity contribution is 0.269. The van der Waals surface area contributed by atoms with E-state index < -0.39 is 0 Å². The summed E-state index contributed by atoms with van der Waals surface area (Å²) in [4.78, 5) is 4.73. The zero-order chi connectivity index (χ0) is 13.6. The molecule has 4 rings (SSSR count). The molecule has 2 aliphatic rings. The molecule has 2 aliphatic carbocycles. The second kappa shape index (κ2) is 4.16. The molecule has 0 spiro atoms. The third kappa shape index (κ3) is 1.57. The van der Waals surface area contributed by atoms with Crippen LogP contribution in [0.1, 0.15) is 49.4 Å². The average Bonchev–Trinajstić information content (AvgIpc) is 3.10. The number of nitrogens with two attached hydrogens (primary N) is 1. The van der Waals surface area contributed by atoms with Gasteiger partial charge in [-0.2, -0.15) is 4.98 Å². The molecule has 2 saturated carbocycles. The molecule has 2 aromatic rings. The highest BCUT2D eigenvalue weighted by molar-refractivity contribution is 5.35. The van der Waals surface area contributed by atoms with E-state index in [0.717, 1.165) is 37.4 Å². The topological polar surface area (TPSA) is 64.9 Å². The summed E-state index contributed by atoms with van der Waals surface area (Å²) in [5, 5.41) is 4.30. The minimum absolute atomic E-state index is 0.0210. The molecule has 20 heavy (non-hydrogen) atoms. The molecule has 0 radical (unpaired) electrons. The van der Waals surface area contributed by atoms with Gasteiger partial charge < -0.3 is 10.3 Å². The highest BCUT2D eigenvalue weighted by atomic mass is 16.5. The van der Waals surface area contributed by atoms with Crippen LogP contribution >= 0.6 is 0 Å². The minimum atomic E-state index is -0.0340. The number of aromatic nitrogens is 2. The van der Waals surface area contributed by atoms with E-state index in [1.165, 1.54) is 12.0 Å². The number of hydrogen-bond acceptors (Lipinski definition) is 4. The predicted octanol–water partition coefficient (Wildman–Crippen LogP) is 2.53. The zero-order valence-electron chi connectivity index (χ0n) is 11.5. The Morgan fingerprint density at radius 1 is 1.10 bits per heavy atom. The summed E-state index contributed by atoms with van der Waals surface area (Å²) in [6, 6.07) is 10.6. The molecule has 1 heterocycles. The first-order chi connectivity index (χ1) is 9.79. The van der Waals surface area contributed by atoms with Crippen molar-refractivity contribution < 1.29 is 4.52 Å². The fraction of sp³-hybridized carbons (Fsp3) is 0.500.